The topological polar surface area (TPSA) is 84.9 Å². The lowest BCUT2D eigenvalue weighted by Gasteiger charge is -2.28. The molecule has 0 spiro atoms. The minimum atomic E-state index is -1.66. The molecular formula is C17H21Cl2NO5. The molecular weight excluding hydrogens is 369 g/mol. The summed E-state index contributed by atoms with van der Waals surface area (Å²) in [5, 5.41) is 12.7. The second-order valence-electron chi connectivity index (χ2n) is 6.16. The van der Waals surface area contributed by atoms with Crippen molar-refractivity contribution in [3.05, 3.63) is 33.8 Å². The molecule has 1 aliphatic heterocycles. The Bertz CT molecular complexity index is 648. The van der Waals surface area contributed by atoms with Crippen molar-refractivity contribution in [2.45, 2.75) is 44.4 Å². The molecule has 2 rings (SSSR count). The van der Waals surface area contributed by atoms with Gasteiger partial charge in [-0.2, -0.15) is 0 Å². The van der Waals surface area contributed by atoms with E-state index in [1.54, 1.807) is 6.92 Å². The summed E-state index contributed by atoms with van der Waals surface area (Å²) in [4.78, 5) is 24.2. The average Bonchev–Trinajstić information content (AvgIpc) is 3.08. The molecule has 1 aromatic carbocycles. The molecule has 25 heavy (non-hydrogen) atoms. The first kappa shape index (κ1) is 20.0. The number of hydrogen-bond donors (Lipinski definition) is 2. The summed E-state index contributed by atoms with van der Waals surface area (Å²) in [6.45, 7) is 3.95. The highest BCUT2D eigenvalue weighted by Crippen LogP contribution is 2.29. The van der Waals surface area contributed by atoms with Gasteiger partial charge in [0.25, 0.3) is 0 Å². The van der Waals surface area contributed by atoms with Crippen LogP contribution in [0.5, 0.6) is 0 Å². The van der Waals surface area contributed by atoms with Gasteiger partial charge in [0.05, 0.1) is 22.8 Å². The molecule has 0 aromatic heterocycles. The van der Waals surface area contributed by atoms with Crippen molar-refractivity contribution in [1.82, 2.24) is 5.32 Å². The normalized spacial score (nSPS) is 20.7. The maximum absolute atomic E-state index is 12.4. The van der Waals surface area contributed by atoms with E-state index in [0.29, 0.717) is 23.8 Å². The number of halogens is 2. The summed E-state index contributed by atoms with van der Waals surface area (Å²) in [6, 6.07) is 4.43. The van der Waals surface area contributed by atoms with Gasteiger partial charge in [-0.25, -0.2) is 4.79 Å². The Hall–Kier alpha value is -1.34. The van der Waals surface area contributed by atoms with E-state index >= 15 is 0 Å². The summed E-state index contributed by atoms with van der Waals surface area (Å²) in [5.41, 5.74) is -1.35. The van der Waals surface area contributed by atoms with Crippen LogP contribution in [0, 0.1) is 0 Å². The zero-order valence-corrected chi connectivity index (χ0v) is 15.6. The fourth-order valence-electron chi connectivity index (χ4n) is 2.51. The van der Waals surface area contributed by atoms with E-state index in [2.05, 4.69) is 5.32 Å². The molecule has 1 saturated heterocycles. The van der Waals surface area contributed by atoms with Gasteiger partial charge < -0.3 is 19.9 Å². The van der Waals surface area contributed by atoms with Crippen molar-refractivity contribution < 1.29 is 24.2 Å². The van der Waals surface area contributed by atoms with Gasteiger partial charge in [-0.15, -0.1) is 0 Å². The predicted octanol–water partition coefficient (Wildman–Crippen LogP) is 2.99. The summed E-state index contributed by atoms with van der Waals surface area (Å²) < 4.78 is 11.0. The van der Waals surface area contributed by atoms with Crippen molar-refractivity contribution >= 4 is 35.1 Å². The summed E-state index contributed by atoms with van der Waals surface area (Å²) in [7, 11) is 0. The summed E-state index contributed by atoms with van der Waals surface area (Å²) in [5.74, 6) is -1.75. The monoisotopic (exact) mass is 389 g/mol. The van der Waals surface area contributed by atoms with E-state index in [0.717, 1.165) is 12.8 Å². The van der Waals surface area contributed by atoms with Gasteiger partial charge in [0, 0.05) is 6.61 Å². The third-order valence-electron chi connectivity index (χ3n) is 4.22. The molecule has 138 valence electrons. The largest absolute Gasteiger partial charge is 0.479 e. The highest BCUT2D eigenvalue weighted by molar-refractivity contribution is 6.42. The number of ether oxygens (including phenoxy) is 2. The van der Waals surface area contributed by atoms with Crippen molar-refractivity contribution in [2.24, 2.45) is 0 Å². The Morgan fingerprint density at radius 1 is 1.44 bits per heavy atom. The molecule has 1 heterocycles. The van der Waals surface area contributed by atoms with Crippen LogP contribution in [-0.4, -0.2) is 42.4 Å². The van der Waals surface area contributed by atoms with Crippen LogP contribution in [0.25, 0.3) is 0 Å². The van der Waals surface area contributed by atoms with Gasteiger partial charge in [-0.3, -0.25) is 4.79 Å². The number of aliphatic carboxylic acids is 1. The highest BCUT2D eigenvalue weighted by atomic mass is 35.5. The molecule has 3 unspecified atom stereocenters. The number of hydrogen-bond acceptors (Lipinski definition) is 4. The first-order valence-electron chi connectivity index (χ1n) is 7.98. The van der Waals surface area contributed by atoms with E-state index in [1.165, 1.54) is 25.1 Å². The Kier molecular flexibility index (Phi) is 6.68. The smallest absolute Gasteiger partial charge is 0.333 e. The van der Waals surface area contributed by atoms with Gasteiger partial charge >= 0.3 is 5.97 Å². The molecule has 8 heteroatoms. The minimum absolute atomic E-state index is 0.0174. The van der Waals surface area contributed by atoms with Crippen LogP contribution in [-0.2, 0) is 24.6 Å². The number of carbonyl (C=O) groups is 2. The van der Waals surface area contributed by atoms with E-state index in [-0.39, 0.29) is 11.1 Å². The third-order valence-corrected chi connectivity index (χ3v) is 4.96. The number of carbonyl (C=O) groups excluding carboxylic acids is 1. The lowest BCUT2D eigenvalue weighted by molar-refractivity contribution is -0.150. The standard InChI is InChI=1S/C17H21Cl2NO5/c1-10(25-9-12-4-3-7-24-12)15(21)20-17(2,16(22)23)11-5-6-13(18)14(19)8-11/h5-6,8,10,12H,3-4,7,9H2,1-2H3,(H,20,21)(H,22,23). The van der Waals surface area contributed by atoms with Crippen LogP contribution < -0.4 is 5.32 Å². The number of benzene rings is 1. The molecule has 0 saturated carbocycles. The van der Waals surface area contributed by atoms with Crippen molar-refractivity contribution in [3.63, 3.8) is 0 Å². The molecule has 1 fully saturated rings. The minimum Gasteiger partial charge on any atom is -0.479 e. The van der Waals surface area contributed by atoms with Crippen LogP contribution in [0.15, 0.2) is 18.2 Å². The summed E-state index contributed by atoms with van der Waals surface area (Å²) in [6.07, 6.45) is 1.04. The first-order valence-corrected chi connectivity index (χ1v) is 8.74. The van der Waals surface area contributed by atoms with Crippen LogP contribution in [0.3, 0.4) is 0 Å². The van der Waals surface area contributed by atoms with Crippen LogP contribution in [0.2, 0.25) is 10.0 Å². The van der Waals surface area contributed by atoms with Crippen LogP contribution in [0.1, 0.15) is 32.3 Å². The van der Waals surface area contributed by atoms with Gasteiger partial charge in [-0.05, 0) is 44.4 Å². The zero-order chi connectivity index (χ0) is 18.6. The number of carboxylic acid groups (broad SMARTS) is 1. The first-order chi connectivity index (χ1) is 11.7. The number of rotatable bonds is 7. The molecule has 1 aliphatic rings. The number of nitrogens with one attached hydrogen (secondary N) is 1. The Morgan fingerprint density at radius 3 is 2.72 bits per heavy atom. The van der Waals surface area contributed by atoms with E-state index in [4.69, 9.17) is 32.7 Å². The quantitative estimate of drug-likeness (QED) is 0.748. The molecule has 6 nitrogen and oxygen atoms in total. The molecule has 0 bridgehead atoms. The zero-order valence-electron chi connectivity index (χ0n) is 14.1. The van der Waals surface area contributed by atoms with Gasteiger partial charge in [0.2, 0.25) is 5.91 Å². The molecule has 1 amide bonds. The maximum atomic E-state index is 12.4. The summed E-state index contributed by atoms with van der Waals surface area (Å²) >= 11 is 11.8. The fourth-order valence-corrected chi connectivity index (χ4v) is 2.81. The second-order valence-corrected chi connectivity index (χ2v) is 6.97. The van der Waals surface area contributed by atoms with Crippen LogP contribution >= 0.6 is 23.2 Å². The molecule has 1 aromatic rings. The van der Waals surface area contributed by atoms with Crippen molar-refractivity contribution in [1.29, 1.82) is 0 Å². The van der Waals surface area contributed by atoms with Gasteiger partial charge in [0.1, 0.15) is 6.10 Å². The SMILES string of the molecule is CC(OCC1CCCO1)C(=O)NC(C)(C(=O)O)c1ccc(Cl)c(Cl)c1. The third kappa shape index (κ3) is 4.85. The van der Waals surface area contributed by atoms with E-state index < -0.39 is 23.5 Å². The molecule has 0 aliphatic carbocycles. The predicted molar refractivity (Wildman–Crippen MR) is 94.0 cm³/mol. The Labute approximate surface area is 156 Å². The number of amides is 1. The van der Waals surface area contributed by atoms with Crippen molar-refractivity contribution in [2.75, 3.05) is 13.2 Å². The van der Waals surface area contributed by atoms with E-state index in [9.17, 15) is 14.7 Å². The fraction of sp³-hybridized carbons (Fsp3) is 0.529. The van der Waals surface area contributed by atoms with Gasteiger partial charge in [0.15, 0.2) is 5.54 Å². The molecule has 0 radical (unpaired) electrons. The average molecular weight is 390 g/mol. The maximum Gasteiger partial charge on any atom is 0.333 e. The van der Waals surface area contributed by atoms with Crippen molar-refractivity contribution in [3.8, 4) is 0 Å². The molecule has 3 atom stereocenters. The van der Waals surface area contributed by atoms with Gasteiger partial charge in [-0.1, -0.05) is 29.3 Å². The lowest BCUT2D eigenvalue weighted by atomic mass is 9.91. The molecule has 2 N–H and O–H groups in total. The van der Waals surface area contributed by atoms with E-state index in [1.807, 2.05) is 0 Å². The Balaban J connectivity index is 2.07. The second kappa shape index (κ2) is 8.36. The number of carboxylic acids is 1. The van der Waals surface area contributed by atoms with Crippen LogP contribution in [0.4, 0.5) is 0 Å². The Morgan fingerprint density at radius 2 is 2.16 bits per heavy atom. The highest BCUT2D eigenvalue weighted by Gasteiger charge is 2.38. The lowest BCUT2D eigenvalue weighted by Crippen LogP contribution is -2.52.